The van der Waals surface area contributed by atoms with E-state index in [0.29, 0.717) is 12.8 Å². The summed E-state index contributed by atoms with van der Waals surface area (Å²) < 4.78 is 32.7. The summed E-state index contributed by atoms with van der Waals surface area (Å²) in [4.78, 5) is 35.1. The Kier molecular flexibility index (Phi) is 42.2. The van der Waals surface area contributed by atoms with E-state index in [2.05, 4.69) is 128 Å². The first-order valence-electron chi connectivity index (χ1n) is 22.8. The molecule has 3 atom stereocenters. The van der Waals surface area contributed by atoms with Gasteiger partial charge in [0, 0.05) is 12.8 Å². The van der Waals surface area contributed by atoms with Crippen LogP contribution in [0, 0.1) is 0 Å². The molecule has 3 N–H and O–H groups in total. The van der Waals surface area contributed by atoms with E-state index < -0.39 is 51.8 Å². The lowest BCUT2D eigenvalue weighted by atomic mass is 10.1. The molecule has 1 unspecified atom stereocenters. The van der Waals surface area contributed by atoms with Crippen LogP contribution >= 0.6 is 7.82 Å². The van der Waals surface area contributed by atoms with Crippen molar-refractivity contribution in [1.29, 1.82) is 0 Å². The van der Waals surface area contributed by atoms with Gasteiger partial charge >= 0.3 is 19.8 Å². The number of esters is 2. The number of allylic oxidation sites excluding steroid dienone is 18. The molecule has 0 saturated carbocycles. The van der Waals surface area contributed by atoms with Gasteiger partial charge in [-0.3, -0.25) is 18.6 Å². The molecule has 0 aromatic heterocycles. The molecule has 0 aliphatic carbocycles. The predicted molar refractivity (Wildman–Crippen MR) is 251 cm³/mol. The molecule has 0 saturated heterocycles. The molecule has 0 bridgehead atoms. The average Bonchev–Trinajstić information content (AvgIpc) is 3.25. The number of hydrogen-bond donors (Lipinski definition) is 3. The Morgan fingerprint density at radius 3 is 1.33 bits per heavy atom. The minimum Gasteiger partial charge on any atom is -0.462 e. The van der Waals surface area contributed by atoms with Crippen molar-refractivity contribution in [3.8, 4) is 0 Å². The zero-order valence-electron chi connectivity index (χ0n) is 37.6. The maximum absolute atomic E-state index is 12.6. The Morgan fingerprint density at radius 1 is 0.508 bits per heavy atom. The minimum absolute atomic E-state index is 0.130. The highest BCUT2D eigenvalue weighted by Crippen LogP contribution is 2.43. The first-order chi connectivity index (χ1) is 29.7. The van der Waals surface area contributed by atoms with Gasteiger partial charge in [0.15, 0.2) is 6.10 Å². The molecule has 0 amide bonds. The number of unbranched alkanes of at least 4 members (excludes halogenated alkanes) is 9. The van der Waals surface area contributed by atoms with Crippen molar-refractivity contribution in [2.45, 2.75) is 167 Å². The predicted octanol–water partition coefficient (Wildman–Crippen LogP) is 12.6. The first-order valence-corrected chi connectivity index (χ1v) is 24.3. The molecule has 0 fully saturated rings. The van der Waals surface area contributed by atoms with E-state index in [4.69, 9.17) is 19.1 Å². The fraction of sp³-hybridized carbons (Fsp3) is 0.600. The number of carbonyl (C=O) groups is 2. The third-order valence-corrected chi connectivity index (χ3v) is 9.86. The van der Waals surface area contributed by atoms with Crippen molar-refractivity contribution >= 4 is 19.8 Å². The summed E-state index contributed by atoms with van der Waals surface area (Å²) in [6.45, 7) is 2.14. The molecular weight excluding hydrogens is 792 g/mol. The van der Waals surface area contributed by atoms with Crippen LogP contribution < -0.4 is 0 Å². The molecular formula is C50H81O10P. The molecule has 0 aromatic carbocycles. The smallest absolute Gasteiger partial charge is 0.462 e. The van der Waals surface area contributed by atoms with Crippen molar-refractivity contribution in [3.63, 3.8) is 0 Å². The van der Waals surface area contributed by atoms with E-state index in [-0.39, 0.29) is 19.4 Å². The van der Waals surface area contributed by atoms with Gasteiger partial charge in [-0.05, 0) is 103 Å². The Labute approximate surface area is 369 Å². The van der Waals surface area contributed by atoms with Crippen LogP contribution in [0.1, 0.15) is 155 Å². The lowest BCUT2D eigenvalue weighted by Crippen LogP contribution is -2.29. The first kappa shape index (κ1) is 57.6. The molecule has 0 spiro atoms. The Balaban J connectivity index is 4.43. The summed E-state index contributed by atoms with van der Waals surface area (Å²) in [5.74, 6) is -1.01. The number of rotatable bonds is 41. The third-order valence-electron chi connectivity index (χ3n) is 8.91. The SMILES string of the molecule is CC/C=C\C/C=C\C/C=C\C/C=C\C/C=C\CCCCCC(=O)O[C@H](COC(=O)CCCCC/C=C\C/C=C\C/C=C\C/C=C\CCCCC)COP(=O)(O)OC[C@@H](O)CO. The van der Waals surface area contributed by atoms with Crippen molar-refractivity contribution in [3.05, 3.63) is 109 Å². The Morgan fingerprint density at radius 2 is 0.902 bits per heavy atom. The van der Waals surface area contributed by atoms with E-state index >= 15 is 0 Å². The average molecular weight is 873 g/mol. The fourth-order valence-corrected chi connectivity index (χ4v) is 6.20. The molecule has 346 valence electrons. The number of phosphoric ester groups is 1. The summed E-state index contributed by atoms with van der Waals surface area (Å²) >= 11 is 0. The zero-order chi connectivity index (χ0) is 44.8. The van der Waals surface area contributed by atoms with E-state index in [1.807, 2.05) is 0 Å². The van der Waals surface area contributed by atoms with Crippen molar-refractivity contribution in [2.75, 3.05) is 26.4 Å². The highest BCUT2D eigenvalue weighted by Gasteiger charge is 2.27. The molecule has 0 aliphatic heterocycles. The van der Waals surface area contributed by atoms with Gasteiger partial charge in [0.05, 0.1) is 19.8 Å². The number of aliphatic hydroxyl groups excluding tert-OH is 2. The molecule has 0 radical (unpaired) electrons. The van der Waals surface area contributed by atoms with Crippen molar-refractivity contribution in [2.24, 2.45) is 0 Å². The van der Waals surface area contributed by atoms with Gasteiger partial charge in [0.2, 0.25) is 0 Å². The zero-order valence-corrected chi connectivity index (χ0v) is 38.5. The largest absolute Gasteiger partial charge is 0.472 e. The summed E-state index contributed by atoms with van der Waals surface area (Å²) in [6.07, 6.45) is 56.2. The maximum Gasteiger partial charge on any atom is 0.472 e. The van der Waals surface area contributed by atoms with Crippen LogP contribution in [0.2, 0.25) is 0 Å². The highest BCUT2D eigenvalue weighted by atomic mass is 31.2. The fourth-order valence-electron chi connectivity index (χ4n) is 5.41. The maximum atomic E-state index is 12.6. The monoisotopic (exact) mass is 873 g/mol. The van der Waals surface area contributed by atoms with Gasteiger partial charge < -0.3 is 24.6 Å². The summed E-state index contributed by atoms with van der Waals surface area (Å²) in [5, 5.41) is 18.4. The Hall–Kier alpha value is -3.37. The van der Waals surface area contributed by atoms with Gasteiger partial charge in [0.1, 0.15) is 12.7 Å². The van der Waals surface area contributed by atoms with Crippen LogP contribution in [0.25, 0.3) is 0 Å². The lowest BCUT2D eigenvalue weighted by molar-refractivity contribution is -0.161. The second kappa shape index (κ2) is 44.7. The molecule has 61 heavy (non-hydrogen) atoms. The molecule has 0 rings (SSSR count). The second-order valence-electron chi connectivity index (χ2n) is 14.7. The molecule has 0 heterocycles. The number of phosphoric acid groups is 1. The summed E-state index contributed by atoms with van der Waals surface area (Å²) in [7, 11) is -4.65. The number of aliphatic hydroxyl groups is 2. The highest BCUT2D eigenvalue weighted by molar-refractivity contribution is 7.47. The van der Waals surface area contributed by atoms with Gasteiger partial charge in [0.25, 0.3) is 0 Å². The second-order valence-corrected chi connectivity index (χ2v) is 16.1. The van der Waals surface area contributed by atoms with Gasteiger partial charge in [-0.2, -0.15) is 0 Å². The van der Waals surface area contributed by atoms with Gasteiger partial charge in [-0.25, -0.2) is 4.57 Å². The molecule has 0 aromatic rings. The van der Waals surface area contributed by atoms with Crippen LogP contribution in [-0.4, -0.2) is 65.7 Å². The molecule has 11 heteroatoms. The topological polar surface area (TPSA) is 149 Å². The minimum atomic E-state index is -4.65. The molecule has 10 nitrogen and oxygen atoms in total. The number of hydrogen-bond acceptors (Lipinski definition) is 9. The normalized spacial score (nSPS) is 14.8. The van der Waals surface area contributed by atoms with Crippen LogP contribution in [0.3, 0.4) is 0 Å². The standard InChI is InChI=1S/C50H81O10P/c1-3-5-7-9-11-13-15-17-19-21-23-25-27-29-31-33-35-37-39-41-49(53)57-45-48(46-59-61(55,56)58-44-47(52)43-51)60-50(54)42-40-38-36-34-32-30-28-26-24-22-20-18-16-14-12-10-8-6-4-2/h6,8,11-14,17-20,23-26,29-32,47-48,51-52H,3-5,7,9-10,15-16,21-22,27-28,33-46H2,1-2H3,(H,55,56)/b8-6-,13-11-,14-12-,19-17-,20-18-,25-23-,26-24-,31-29-,32-30-/t47-,48+/m0/s1. The van der Waals surface area contributed by atoms with E-state index in [1.165, 1.54) is 25.7 Å². The van der Waals surface area contributed by atoms with Gasteiger partial charge in [-0.15, -0.1) is 0 Å². The van der Waals surface area contributed by atoms with E-state index in [1.54, 1.807) is 0 Å². The summed E-state index contributed by atoms with van der Waals surface area (Å²) in [6, 6.07) is 0. The summed E-state index contributed by atoms with van der Waals surface area (Å²) in [5.41, 5.74) is 0. The van der Waals surface area contributed by atoms with Crippen molar-refractivity contribution < 1.29 is 47.8 Å². The molecule has 0 aliphatic rings. The van der Waals surface area contributed by atoms with E-state index in [9.17, 15) is 24.2 Å². The number of carbonyl (C=O) groups excluding carboxylic acids is 2. The van der Waals surface area contributed by atoms with Gasteiger partial charge in [-0.1, -0.05) is 149 Å². The van der Waals surface area contributed by atoms with Crippen molar-refractivity contribution in [1.82, 2.24) is 0 Å². The van der Waals surface area contributed by atoms with E-state index in [0.717, 1.165) is 89.9 Å². The van der Waals surface area contributed by atoms with Crippen LogP contribution in [0.4, 0.5) is 0 Å². The quantitative estimate of drug-likeness (QED) is 0.0235. The van der Waals surface area contributed by atoms with Crippen LogP contribution in [0.15, 0.2) is 109 Å². The third kappa shape index (κ3) is 44.5. The lowest BCUT2D eigenvalue weighted by Gasteiger charge is -2.20. The van der Waals surface area contributed by atoms with Crippen LogP contribution in [-0.2, 0) is 32.7 Å². The Bertz CT molecular complexity index is 1370. The van der Waals surface area contributed by atoms with Crippen LogP contribution in [0.5, 0.6) is 0 Å². The number of ether oxygens (including phenoxy) is 2.